The normalized spacial score (nSPS) is 26.1. The molecular weight excluding hydrogens is 356 g/mol. The van der Waals surface area contributed by atoms with Crippen molar-refractivity contribution in [2.75, 3.05) is 26.2 Å². The zero-order valence-electron chi connectivity index (χ0n) is 18.3. The molecule has 4 heteroatoms. The lowest BCUT2D eigenvalue weighted by atomic mass is 9.68. The minimum Gasteiger partial charge on any atom is -0.392 e. The molecule has 2 aliphatic rings. The fourth-order valence-electron chi connectivity index (χ4n) is 4.53. The first-order valence-electron chi connectivity index (χ1n) is 10.8. The average molecular weight is 397 g/mol. The number of halogens is 1. The Hall–Kier alpha value is -0.350. The van der Waals surface area contributed by atoms with E-state index in [1.165, 1.54) is 6.42 Å². The molecule has 2 N–H and O–H groups in total. The van der Waals surface area contributed by atoms with Gasteiger partial charge < -0.3 is 15.3 Å². The number of piperidine rings is 1. The highest BCUT2D eigenvalue weighted by Gasteiger charge is 2.38. The molecule has 0 spiro atoms. The molecule has 0 aromatic carbocycles. The van der Waals surface area contributed by atoms with Gasteiger partial charge in [0.2, 0.25) is 0 Å². The summed E-state index contributed by atoms with van der Waals surface area (Å²) < 4.78 is 0. The first kappa shape index (κ1) is 22.9. The Bertz CT molecular complexity index is 538. The Morgan fingerprint density at radius 2 is 1.89 bits per heavy atom. The van der Waals surface area contributed by atoms with Gasteiger partial charge in [-0.3, -0.25) is 0 Å². The van der Waals surface area contributed by atoms with Gasteiger partial charge in [-0.2, -0.15) is 0 Å². The Morgan fingerprint density at radius 1 is 1.19 bits per heavy atom. The van der Waals surface area contributed by atoms with Crippen LogP contribution in [0.3, 0.4) is 0 Å². The topological polar surface area (TPSA) is 35.5 Å². The maximum Gasteiger partial charge on any atom is 0.0687 e. The van der Waals surface area contributed by atoms with Crippen molar-refractivity contribution in [1.29, 1.82) is 0 Å². The summed E-state index contributed by atoms with van der Waals surface area (Å²) >= 11 is 6.16. The van der Waals surface area contributed by atoms with E-state index in [2.05, 4.69) is 63.9 Å². The second-order valence-electron chi connectivity index (χ2n) is 9.99. The Labute approximate surface area is 172 Å². The van der Waals surface area contributed by atoms with Crippen molar-refractivity contribution in [2.24, 2.45) is 23.2 Å². The molecule has 3 atom stereocenters. The Balaban J connectivity index is 1.94. The van der Waals surface area contributed by atoms with Crippen LogP contribution in [0.5, 0.6) is 0 Å². The molecule has 3 nitrogen and oxygen atoms in total. The zero-order chi connectivity index (χ0) is 20.2. The second kappa shape index (κ2) is 9.91. The van der Waals surface area contributed by atoms with Gasteiger partial charge in [0, 0.05) is 30.7 Å². The van der Waals surface area contributed by atoms with E-state index in [4.69, 9.17) is 11.6 Å². The van der Waals surface area contributed by atoms with Crippen LogP contribution in [0.1, 0.15) is 60.8 Å². The first-order chi connectivity index (χ1) is 12.6. The molecule has 0 bridgehead atoms. The molecule has 0 saturated carbocycles. The van der Waals surface area contributed by atoms with E-state index >= 15 is 0 Å². The highest BCUT2D eigenvalue weighted by atomic mass is 35.5. The number of aliphatic hydroxyl groups is 1. The number of aliphatic hydroxyl groups excluding tert-OH is 1. The third-order valence-electron chi connectivity index (χ3n) is 6.51. The first-order valence-corrected chi connectivity index (χ1v) is 11.2. The van der Waals surface area contributed by atoms with Crippen LogP contribution >= 0.6 is 11.6 Å². The monoisotopic (exact) mass is 396 g/mol. The maximum absolute atomic E-state index is 10.1. The van der Waals surface area contributed by atoms with E-state index in [1.54, 1.807) is 5.57 Å². The summed E-state index contributed by atoms with van der Waals surface area (Å²) in [6, 6.07) is 0.418. The van der Waals surface area contributed by atoms with E-state index in [0.717, 1.165) is 37.5 Å². The van der Waals surface area contributed by atoms with Crippen molar-refractivity contribution in [3.05, 3.63) is 22.8 Å². The number of hydrogen-bond donors (Lipinski definition) is 2. The molecule has 1 saturated heterocycles. The molecule has 0 aromatic heterocycles. The van der Waals surface area contributed by atoms with Crippen LogP contribution in [-0.2, 0) is 0 Å². The van der Waals surface area contributed by atoms with Gasteiger partial charge in [-0.05, 0) is 55.1 Å². The summed E-state index contributed by atoms with van der Waals surface area (Å²) in [5, 5.41) is 14.8. The van der Waals surface area contributed by atoms with E-state index in [-0.39, 0.29) is 11.5 Å². The molecule has 156 valence electrons. The molecule has 1 fully saturated rings. The predicted octanol–water partition coefficient (Wildman–Crippen LogP) is 4.81. The summed E-state index contributed by atoms with van der Waals surface area (Å²) in [5.74, 6) is 1.51. The van der Waals surface area contributed by atoms with E-state index in [1.807, 2.05) is 0 Å². The van der Waals surface area contributed by atoms with Crippen LogP contribution in [0.25, 0.3) is 0 Å². The van der Waals surface area contributed by atoms with Gasteiger partial charge in [-0.1, -0.05) is 64.8 Å². The summed E-state index contributed by atoms with van der Waals surface area (Å²) in [6.45, 7) is 17.6. The fourth-order valence-corrected chi connectivity index (χ4v) is 4.68. The van der Waals surface area contributed by atoms with Crippen molar-refractivity contribution in [2.45, 2.75) is 73.0 Å². The molecule has 1 heterocycles. The molecule has 0 aromatic rings. The third-order valence-corrected chi connectivity index (χ3v) is 6.82. The van der Waals surface area contributed by atoms with Crippen molar-refractivity contribution in [3.8, 4) is 0 Å². The lowest BCUT2D eigenvalue weighted by Gasteiger charge is -2.47. The number of hydrogen-bond acceptors (Lipinski definition) is 3. The summed E-state index contributed by atoms with van der Waals surface area (Å²) in [7, 11) is 0. The number of nitrogens with zero attached hydrogens (tertiary/aromatic N) is 1. The fraction of sp³-hybridized carbons (Fsp3) is 0.826. The van der Waals surface area contributed by atoms with E-state index < -0.39 is 0 Å². The Kier molecular flexibility index (Phi) is 8.42. The van der Waals surface area contributed by atoms with Crippen LogP contribution in [0, 0.1) is 23.2 Å². The molecule has 1 aliphatic carbocycles. The van der Waals surface area contributed by atoms with Crippen LogP contribution in [0.4, 0.5) is 0 Å². The van der Waals surface area contributed by atoms with Crippen molar-refractivity contribution < 1.29 is 5.11 Å². The molecule has 0 radical (unpaired) electrons. The van der Waals surface area contributed by atoms with Gasteiger partial charge in [-0.25, -0.2) is 0 Å². The minimum atomic E-state index is -0.272. The number of allylic oxidation sites excluding steroid dienone is 4. The van der Waals surface area contributed by atoms with Gasteiger partial charge >= 0.3 is 0 Å². The van der Waals surface area contributed by atoms with Gasteiger partial charge in [0.25, 0.3) is 0 Å². The minimum absolute atomic E-state index is 0.272. The summed E-state index contributed by atoms with van der Waals surface area (Å²) in [5.41, 5.74) is 1.86. The van der Waals surface area contributed by atoms with Gasteiger partial charge in [0.15, 0.2) is 0 Å². The lowest BCUT2D eigenvalue weighted by Crippen LogP contribution is -2.53. The SMILES string of the molecule is CC(C)C(O)CN[C@@H](CN1CC[C@H](C2=CC=C(Cl)CC2)C(C)(C)C1)C(C)C. The maximum atomic E-state index is 10.1. The van der Waals surface area contributed by atoms with Crippen LogP contribution < -0.4 is 5.32 Å². The zero-order valence-corrected chi connectivity index (χ0v) is 19.0. The second-order valence-corrected chi connectivity index (χ2v) is 10.5. The van der Waals surface area contributed by atoms with Gasteiger partial charge in [-0.15, -0.1) is 0 Å². The third kappa shape index (κ3) is 6.59. The van der Waals surface area contributed by atoms with Crippen molar-refractivity contribution in [3.63, 3.8) is 0 Å². The molecule has 1 unspecified atom stereocenters. The molecule has 0 amide bonds. The largest absolute Gasteiger partial charge is 0.392 e. The summed E-state index contributed by atoms with van der Waals surface area (Å²) in [4.78, 5) is 2.63. The molecule has 1 aliphatic heterocycles. The van der Waals surface area contributed by atoms with Crippen LogP contribution in [0.2, 0.25) is 0 Å². The van der Waals surface area contributed by atoms with Gasteiger partial charge in [0.1, 0.15) is 0 Å². The molecular formula is C23H41ClN2O. The predicted molar refractivity (Wildman–Crippen MR) is 117 cm³/mol. The van der Waals surface area contributed by atoms with E-state index in [0.29, 0.717) is 30.3 Å². The smallest absolute Gasteiger partial charge is 0.0687 e. The quantitative estimate of drug-likeness (QED) is 0.618. The number of nitrogens with one attached hydrogen (secondary N) is 1. The lowest BCUT2D eigenvalue weighted by molar-refractivity contribution is 0.0563. The summed E-state index contributed by atoms with van der Waals surface area (Å²) in [6.07, 6.45) is 7.45. The highest BCUT2D eigenvalue weighted by Crippen LogP contribution is 2.42. The Morgan fingerprint density at radius 3 is 2.41 bits per heavy atom. The van der Waals surface area contributed by atoms with Gasteiger partial charge in [0.05, 0.1) is 6.10 Å². The number of rotatable bonds is 8. The van der Waals surface area contributed by atoms with Crippen LogP contribution in [-0.4, -0.2) is 48.3 Å². The average Bonchev–Trinajstić information content (AvgIpc) is 2.58. The number of likely N-dealkylation sites (tertiary alicyclic amines) is 1. The van der Waals surface area contributed by atoms with E-state index in [9.17, 15) is 5.11 Å². The van der Waals surface area contributed by atoms with Crippen molar-refractivity contribution >= 4 is 11.6 Å². The standard InChI is InChI=1S/C23H41ClN2O/c1-16(2)21(25-13-22(27)17(3)4)14-26-12-11-20(23(5,6)15-26)18-7-9-19(24)10-8-18/h7,9,16-17,20-22,25,27H,8,10-15H2,1-6H3/t20-,21+,22?/m1/s1. The molecule has 27 heavy (non-hydrogen) atoms. The van der Waals surface area contributed by atoms with Crippen molar-refractivity contribution in [1.82, 2.24) is 10.2 Å². The highest BCUT2D eigenvalue weighted by molar-refractivity contribution is 6.29. The van der Waals surface area contributed by atoms with Crippen LogP contribution in [0.15, 0.2) is 22.8 Å². The molecule has 2 rings (SSSR count).